The first kappa shape index (κ1) is 9.97. The summed E-state index contributed by atoms with van der Waals surface area (Å²) < 4.78 is 0. The monoisotopic (exact) mass is 211 g/mol. The van der Waals surface area contributed by atoms with E-state index in [2.05, 4.69) is 5.32 Å². The van der Waals surface area contributed by atoms with Crippen LogP contribution < -0.4 is 5.32 Å². The van der Waals surface area contributed by atoms with Crippen LogP contribution in [0.25, 0.3) is 0 Å². The van der Waals surface area contributed by atoms with E-state index >= 15 is 0 Å². The average Bonchev–Trinajstić information content (AvgIpc) is 2.11. The van der Waals surface area contributed by atoms with Crippen molar-refractivity contribution in [2.24, 2.45) is 0 Å². The molecule has 2 nitrogen and oxygen atoms in total. The third-order valence-electron chi connectivity index (χ3n) is 2.67. The highest BCUT2D eigenvalue weighted by Crippen LogP contribution is 2.23. The van der Waals surface area contributed by atoms with Crippen LogP contribution in [0.4, 0.5) is 0 Å². The Morgan fingerprint density at radius 3 is 2.93 bits per heavy atom. The molecule has 3 heteroatoms. The Morgan fingerprint density at radius 2 is 2.36 bits per heavy atom. The van der Waals surface area contributed by atoms with Crippen LogP contribution in [0.1, 0.15) is 24.5 Å². The second-order valence-electron chi connectivity index (χ2n) is 3.75. The smallest absolute Gasteiger partial charge is 0.0805 e. The number of rotatable bonds is 3. The molecule has 0 spiro atoms. The van der Waals surface area contributed by atoms with Gasteiger partial charge in [0.15, 0.2) is 0 Å². The van der Waals surface area contributed by atoms with Gasteiger partial charge in [0.2, 0.25) is 0 Å². The van der Waals surface area contributed by atoms with E-state index in [0.29, 0.717) is 11.1 Å². The molecule has 2 rings (SSSR count). The first-order valence-corrected chi connectivity index (χ1v) is 5.30. The molecule has 2 unspecified atom stereocenters. The van der Waals surface area contributed by atoms with E-state index in [9.17, 15) is 5.11 Å². The summed E-state index contributed by atoms with van der Waals surface area (Å²) in [5.74, 6) is 0. The number of nitrogens with one attached hydrogen (secondary N) is 1. The maximum absolute atomic E-state index is 9.88. The van der Waals surface area contributed by atoms with Crippen molar-refractivity contribution >= 4 is 11.6 Å². The third-order valence-corrected chi connectivity index (χ3v) is 2.90. The lowest BCUT2D eigenvalue weighted by Crippen LogP contribution is -2.43. The van der Waals surface area contributed by atoms with Gasteiger partial charge >= 0.3 is 0 Å². The van der Waals surface area contributed by atoms with Crippen molar-refractivity contribution in [3.8, 4) is 0 Å². The highest BCUT2D eigenvalue weighted by Gasteiger charge is 2.20. The molecule has 76 valence electrons. The quantitative estimate of drug-likeness (QED) is 0.803. The lowest BCUT2D eigenvalue weighted by atomic mass is 9.96. The summed E-state index contributed by atoms with van der Waals surface area (Å²) >= 11 is 5.85. The molecule has 1 aromatic rings. The fourth-order valence-electron chi connectivity index (χ4n) is 1.67. The van der Waals surface area contributed by atoms with E-state index in [1.807, 2.05) is 24.3 Å². The van der Waals surface area contributed by atoms with Crippen molar-refractivity contribution in [2.75, 3.05) is 6.54 Å². The molecular weight excluding hydrogens is 198 g/mol. The van der Waals surface area contributed by atoms with Crippen LogP contribution in [0, 0.1) is 0 Å². The molecule has 0 bridgehead atoms. The summed E-state index contributed by atoms with van der Waals surface area (Å²) in [6.45, 7) is 1.08. The van der Waals surface area contributed by atoms with Crippen LogP contribution in [0.2, 0.25) is 5.02 Å². The topological polar surface area (TPSA) is 32.3 Å². The van der Waals surface area contributed by atoms with E-state index < -0.39 is 6.10 Å². The molecule has 0 amide bonds. The predicted molar refractivity (Wildman–Crippen MR) is 57.4 cm³/mol. The summed E-state index contributed by atoms with van der Waals surface area (Å²) in [6.07, 6.45) is 1.55. The van der Waals surface area contributed by atoms with Gasteiger partial charge in [-0.15, -0.1) is 0 Å². The number of hydrogen-bond donors (Lipinski definition) is 2. The standard InChI is InChI=1S/C11H14ClNO/c12-9-3-1-2-8(6-9)11(14)7-10-4-5-13-10/h1-3,6,10-11,13-14H,4-5,7H2. The molecule has 1 saturated heterocycles. The van der Waals surface area contributed by atoms with Crippen LogP contribution in [0.3, 0.4) is 0 Å². The Labute approximate surface area is 88.9 Å². The van der Waals surface area contributed by atoms with Gasteiger partial charge in [-0.3, -0.25) is 0 Å². The Balaban J connectivity index is 1.98. The van der Waals surface area contributed by atoms with Gasteiger partial charge in [0.1, 0.15) is 0 Å². The number of aliphatic hydroxyl groups excluding tert-OH is 1. The van der Waals surface area contributed by atoms with Gasteiger partial charge in [-0.05, 0) is 37.1 Å². The van der Waals surface area contributed by atoms with E-state index in [1.165, 1.54) is 0 Å². The van der Waals surface area contributed by atoms with Crippen LogP contribution in [0.5, 0.6) is 0 Å². The zero-order valence-electron chi connectivity index (χ0n) is 7.91. The molecule has 1 heterocycles. The lowest BCUT2D eigenvalue weighted by molar-refractivity contribution is 0.136. The Hall–Kier alpha value is -0.570. The predicted octanol–water partition coefficient (Wildman–Crippen LogP) is 2.13. The largest absolute Gasteiger partial charge is 0.388 e. The van der Waals surface area contributed by atoms with Crippen LogP contribution in [0.15, 0.2) is 24.3 Å². The Kier molecular flexibility index (Phi) is 3.06. The van der Waals surface area contributed by atoms with E-state index in [0.717, 1.165) is 24.9 Å². The van der Waals surface area contributed by atoms with E-state index in [4.69, 9.17) is 11.6 Å². The summed E-state index contributed by atoms with van der Waals surface area (Å²) in [6, 6.07) is 7.90. The number of aliphatic hydroxyl groups is 1. The van der Waals surface area contributed by atoms with E-state index in [-0.39, 0.29) is 0 Å². The van der Waals surface area contributed by atoms with Crippen LogP contribution in [-0.2, 0) is 0 Å². The second-order valence-corrected chi connectivity index (χ2v) is 4.18. The highest BCUT2D eigenvalue weighted by molar-refractivity contribution is 6.30. The van der Waals surface area contributed by atoms with E-state index in [1.54, 1.807) is 0 Å². The Morgan fingerprint density at radius 1 is 1.57 bits per heavy atom. The second kappa shape index (κ2) is 4.30. The first-order valence-electron chi connectivity index (χ1n) is 4.92. The zero-order valence-corrected chi connectivity index (χ0v) is 8.67. The summed E-state index contributed by atoms with van der Waals surface area (Å²) in [5.41, 5.74) is 0.909. The maximum Gasteiger partial charge on any atom is 0.0805 e. The molecule has 0 saturated carbocycles. The van der Waals surface area contributed by atoms with Crippen LogP contribution >= 0.6 is 11.6 Å². The summed E-state index contributed by atoms with van der Waals surface area (Å²) in [5, 5.41) is 13.8. The first-order chi connectivity index (χ1) is 6.75. The van der Waals surface area contributed by atoms with Gasteiger partial charge in [-0.25, -0.2) is 0 Å². The van der Waals surface area contributed by atoms with Crippen molar-refractivity contribution in [1.29, 1.82) is 0 Å². The molecule has 2 atom stereocenters. The molecule has 14 heavy (non-hydrogen) atoms. The van der Waals surface area contributed by atoms with Gasteiger partial charge in [-0.1, -0.05) is 23.7 Å². The zero-order chi connectivity index (χ0) is 9.97. The average molecular weight is 212 g/mol. The van der Waals surface area contributed by atoms with Crippen molar-refractivity contribution < 1.29 is 5.11 Å². The fraction of sp³-hybridized carbons (Fsp3) is 0.455. The molecular formula is C11H14ClNO. The van der Waals surface area contributed by atoms with Gasteiger partial charge < -0.3 is 10.4 Å². The minimum atomic E-state index is -0.397. The molecule has 1 aliphatic heterocycles. The highest BCUT2D eigenvalue weighted by atomic mass is 35.5. The van der Waals surface area contributed by atoms with Crippen molar-refractivity contribution in [3.05, 3.63) is 34.9 Å². The van der Waals surface area contributed by atoms with Crippen molar-refractivity contribution in [2.45, 2.75) is 25.0 Å². The molecule has 1 fully saturated rings. The van der Waals surface area contributed by atoms with Gasteiger partial charge in [0.25, 0.3) is 0 Å². The third kappa shape index (κ3) is 2.27. The van der Waals surface area contributed by atoms with Gasteiger partial charge in [0.05, 0.1) is 6.10 Å². The van der Waals surface area contributed by atoms with Crippen molar-refractivity contribution in [1.82, 2.24) is 5.32 Å². The normalized spacial score (nSPS) is 22.9. The molecule has 0 radical (unpaired) electrons. The maximum atomic E-state index is 9.88. The van der Waals surface area contributed by atoms with Crippen molar-refractivity contribution in [3.63, 3.8) is 0 Å². The number of hydrogen-bond acceptors (Lipinski definition) is 2. The van der Waals surface area contributed by atoms with Crippen LogP contribution in [-0.4, -0.2) is 17.7 Å². The molecule has 0 aromatic heterocycles. The molecule has 0 aliphatic carbocycles. The minimum absolute atomic E-state index is 0.397. The Bertz CT molecular complexity index is 312. The number of benzene rings is 1. The lowest BCUT2D eigenvalue weighted by Gasteiger charge is -2.29. The summed E-state index contributed by atoms with van der Waals surface area (Å²) in [4.78, 5) is 0. The molecule has 2 N–H and O–H groups in total. The fourth-order valence-corrected chi connectivity index (χ4v) is 1.87. The summed E-state index contributed by atoms with van der Waals surface area (Å²) in [7, 11) is 0. The molecule has 1 aliphatic rings. The minimum Gasteiger partial charge on any atom is -0.388 e. The SMILES string of the molecule is OC(CC1CCN1)c1cccc(Cl)c1. The number of halogens is 1. The molecule has 1 aromatic carbocycles. The van der Waals surface area contributed by atoms with Gasteiger partial charge in [-0.2, -0.15) is 0 Å². The van der Waals surface area contributed by atoms with Gasteiger partial charge in [0, 0.05) is 11.1 Å².